The smallest absolute Gasteiger partial charge is 0.315 e. The van der Waals surface area contributed by atoms with Crippen LogP contribution in [0.3, 0.4) is 0 Å². The highest BCUT2D eigenvalue weighted by Gasteiger charge is 2.10. The van der Waals surface area contributed by atoms with Crippen molar-refractivity contribution < 1.29 is 9.53 Å². The molecule has 0 bridgehead atoms. The topological polar surface area (TPSA) is 75.3 Å². The molecule has 25 heavy (non-hydrogen) atoms. The number of urea groups is 1. The number of hydrogen-bond donors (Lipinski definition) is 3. The summed E-state index contributed by atoms with van der Waals surface area (Å²) in [6, 6.07) is 11.6. The van der Waals surface area contributed by atoms with Gasteiger partial charge in [-0.3, -0.25) is 0 Å². The Bertz CT molecular complexity index is 733. The number of anilines is 1. The van der Waals surface area contributed by atoms with Crippen LogP contribution in [0.1, 0.15) is 23.2 Å². The average Bonchev–Trinajstić information content (AvgIpc) is 2.66. The number of nitrogens with zero attached hydrogens (tertiary/aromatic N) is 1. The van der Waals surface area contributed by atoms with Gasteiger partial charge in [-0.1, -0.05) is 24.3 Å². The summed E-state index contributed by atoms with van der Waals surface area (Å²) in [5.74, 6) is 1.76. The predicted molar refractivity (Wildman–Crippen MR) is 98.0 cm³/mol. The van der Waals surface area contributed by atoms with Crippen LogP contribution in [0.4, 0.5) is 10.6 Å². The summed E-state index contributed by atoms with van der Waals surface area (Å²) in [6.07, 6.45) is 2.94. The monoisotopic (exact) mass is 340 g/mol. The van der Waals surface area contributed by atoms with Crippen molar-refractivity contribution in [3.63, 3.8) is 0 Å². The van der Waals surface area contributed by atoms with Gasteiger partial charge in [-0.25, -0.2) is 9.78 Å². The predicted octanol–water partition coefficient (Wildman–Crippen LogP) is 2.49. The molecule has 6 nitrogen and oxygen atoms in total. The molecule has 0 fully saturated rings. The fourth-order valence-corrected chi connectivity index (χ4v) is 2.90. The van der Waals surface area contributed by atoms with Crippen LogP contribution in [0, 0.1) is 0 Å². The molecule has 0 spiro atoms. The van der Waals surface area contributed by atoms with E-state index < -0.39 is 0 Å². The number of benzene rings is 1. The number of carbonyl (C=O) groups is 1. The normalized spacial score (nSPS) is 12.7. The molecule has 1 aliphatic rings. The Balaban J connectivity index is 1.43. The van der Waals surface area contributed by atoms with Gasteiger partial charge in [-0.15, -0.1) is 0 Å². The maximum atomic E-state index is 11.9. The molecule has 2 amide bonds. The summed E-state index contributed by atoms with van der Waals surface area (Å²) in [6.45, 7) is 1.95. The quantitative estimate of drug-likeness (QED) is 0.755. The Morgan fingerprint density at radius 2 is 2.12 bits per heavy atom. The third-order valence-electron chi connectivity index (χ3n) is 4.25. The van der Waals surface area contributed by atoms with Gasteiger partial charge >= 0.3 is 6.03 Å². The number of nitrogens with one attached hydrogen (secondary N) is 3. The molecule has 1 aromatic carbocycles. The van der Waals surface area contributed by atoms with Crippen molar-refractivity contribution in [2.24, 2.45) is 0 Å². The fraction of sp³-hybridized carbons (Fsp3) is 0.368. The highest BCUT2D eigenvalue weighted by Crippen LogP contribution is 2.19. The lowest BCUT2D eigenvalue weighted by Gasteiger charge is -2.17. The molecule has 132 valence electrons. The number of aryl methyl sites for hydroxylation is 1. The lowest BCUT2D eigenvalue weighted by molar-refractivity contribution is 0.240. The number of fused-ring (bicyclic) bond motifs is 1. The first-order valence-corrected chi connectivity index (χ1v) is 8.62. The molecule has 0 radical (unpaired) electrons. The van der Waals surface area contributed by atoms with E-state index in [4.69, 9.17) is 4.74 Å². The molecule has 6 heteroatoms. The van der Waals surface area contributed by atoms with Gasteiger partial charge in [0.15, 0.2) is 0 Å². The first-order valence-electron chi connectivity index (χ1n) is 8.62. The van der Waals surface area contributed by atoms with Crippen LogP contribution in [0.2, 0.25) is 0 Å². The zero-order chi connectivity index (χ0) is 17.5. The van der Waals surface area contributed by atoms with E-state index >= 15 is 0 Å². The summed E-state index contributed by atoms with van der Waals surface area (Å²) >= 11 is 0. The Kier molecular flexibility index (Phi) is 5.72. The van der Waals surface area contributed by atoms with Gasteiger partial charge < -0.3 is 20.7 Å². The second-order valence-corrected chi connectivity index (χ2v) is 6.01. The molecular formula is C19H24N4O2. The molecule has 0 saturated carbocycles. The highest BCUT2D eigenvalue weighted by atomic mass is 16.5. The molecular weight excluding hydrogens is 316 g/mol. The number of aromatic nitrogens is 1. The number of pyridine rings is 1. The molecule has 2 aromatic rings. The Morgan fingerprint density at radius 1 is 1.24 bits per heavy atom. The van der Waals surface area contributed by atoms with Crippen molar-refractivity contribution in [3.05, 3.63) is 53.2 Å². The molecule has 0 unspecified atom stereocenters. The van der Waals surface area contributed by atoms with E-state index in [1.54, 1.807) is 7.11 Å². The number of carbonyl (C=O) groups excluding carboxylic acids is 1. The van der Waals surface area contributed by atoms with Crippen LogP contribution in [0.15, 0.2) is 36.4 Å². The van der Waals surface area contributed by atoms with E-state index in [0.717, 1.165) is 42.2 Å². The second-order valence-electron chi connectivity index (χ2n) is 6.01. The Morgan fingerprint density at radius 3 is 3.00 bits per heavy atom. The number of ether oxygens (including phenoxy) is 1. The minimum Gasteiger partial charge on any atom is -0.496 e. The Hall–Kier alpha value is -2.76. The maximum Gasteiger partial charge on any atom is 0.315 e. The van der Waals surface area contributed by atoms with Crippen LogP contribution in [0.5, 0.6) is 5.75 Å². The van der Waals surface area contributed by atoms with Gasteiger partial charge in [0.25, 0.3) is 0 Å². The summed E-state index contributed by atoms with van der Waals surface area (Å²) in [4.78, 5) is 16.6. The number of hydrogen-bond acceptors (Lipinski definition) is 4. The minimum absolute atomic E-state index is 0.193. The summed E-state index contributed by atoms with van der Waals surface area (Å²) in [5.41, 5.74) is 3.21. The molecule has 1 aliphatic heterocycles. The lowest BCUT2D eigenvalue weighted by Crippen LogP contribution is -2.36. The average molecular weight is 340 g/mol. The third-order valence-corrected chi connectivity index (χ3v) is 4.25. The van der Waals surface area contributed by atoms with Gasteiger partial charge in [0.05, 0.1) is 7.11 Å². The molecule has 0 atom stereocenters. The Labute approximate surface area is 148 Å². The van der Waals surface area contributed by atoms with Crippen LogP contribution in [0.25, 0.3) is 0 Å². The van der Waals surface area contributed by atoms with Crippen LogP contribution in [-0.2, 0) is 19.4 Å². The van der Waals surface area contributed by atoms with E-state index in [1.807, 2.05) is 30.3 Å². The van der Waals surface area contributed by atoms with Crippen LogP contribution in [-0.4, -0.2) is 31.2 Å². The number of methoxy groups -OCH3 is 1. The van der Waals surface area contributed by atoms with Crippen LogP contribution >= 0.6 is 0 Å². The molecule has 2 heterocycles. The lowest BCUT2D eigenvalue weighted by atomic mass is 10.1. The molecule has 0 aliphatic carbocycles. The maximum absolute atomic E-state index is 11.9. The van der Waals surface area contributed by atoms with Crippen molar-refractivity contribution >= 4 is 11.8 Å². The van der Waals surface area contributed by atoms with Crippen molar-refractivity contribution in [2.75, 3.05) is 25.5 Å². The van der Waals surface area contributed by atoms with Gasteiger partial charge in [-0.2, -0.15) is 0 Å². The molecule has 3 rings (SSSR count). The van der Waals surface area contributed by atoms with E-state index in [-0.39, 0.29) is 6.03 Å². The van der Waals surface area contributed by atoms with Gasteiger partial charge in [0, 0.05) is 37.3 Å². The largest absolute Gasteiger partial charge is 0.496 e. The second kappa shape index (κ2) is 8.37. The van der Waals surface area contributed by atoms with E-state index in [0.29, 0.717) is 19.5 Å². The SMILES string of the molecule is COc1ccccc1CNC(=O)NCCc1ccc2c(n1)NCCC2. The third kappa shape index (κ3) is 4.62. The zero-order valence-corrected chi connectivity index (χ0v) is 14.5. The van der Waals surface area contributed by atoms with Gasteiger partial charge in [-0.05, 0) is 30.5 Å². The van der Waals surface area contributed by atoms with Crippen molar-refractivity contribution in [1.82, 2.24) is 15.6 Å². The molecule has 1 aromatic heterocycles. The number of rotatable bonds is 6. The van der Waals surface area contributed by atoms with Crippen LogP contribution < -0.4 is 20.7 Å². The molecule has 3 N–H and O–H groups in total. The summed E-state index contributed by atoms with van der Waals surface area (Å²) in [7, 11) is 1.62. The summed E-state index contributed by atoms with van der Waals surface area (Å²) in [5, 5.41) is 9.04. The van der Waals surface area contributed by atoms with E-state index in [1.165, 1.54) is 5.56 Å². The standard InChI is InChI=1S/C19H24N4O2/c1-25-17-7-3-2-5-15(17)13-22-19(24)21-12-10-16-9-8-14-6-4-11-20-18(14)23-16/h2-3,5,7-9H,4,6,10-13H2,1H3,(H,20,23)(H2,21,22,24). The van der Waals surface area contributed by atoms with E-state index in [9.17, 15) is 4.79 Å². The number of amides is 2. The first kappa shape index (κ1) is 17.1. The van der Waals surface area contributed by atoms with Gasteiger partial charge in [0.2, 0.25) is 0 Å². The summed E-state index contributed by atoms with van der Waals surface area (Å²) < 4.78 is 5.28. The number of para-hydroxylation sites is 1. The molecule has 0 saturated heterocycles. The van der Waals surface area contributed by atoms with Crippen molar-refractivity contribution in [2.45, 2.75) is 25.8 Å². The highest BCUT2D eigenvalue weighted by molar-refractivity contribution is 5.73. The van der Waals surface area contributed by atoms with E-state index in [2.05, 4.69) is 27.0 Å². The fourth-order valence-electron chi connectivity index (χ4n) is 2.90. The first-order chi connectivity index (χ1) is 12.3. The van der Waals surface area contributed by atoms with Crippen molar-refractivity contribution in [3.8, 4) is 5.75 Å². The van der Waals surface area contributed by atoms with Crippen molar-refractivity contribution in [1.29, 1.82) is 0 Å². The minimum atomic E-state index is -0.193. The zero-order valence-electron chi connectivity index (χ0n) is 14.5. The van der Waals surface area contributed by atoms with Gasteiger partial charge in [0.1, 0.15) is 11.6 Å².